The van der Waals surface area contributed by atoms with Crippen LogP contribution in [0.15, 0.2) is 48.2 Å². The van der Waals surface area contributed by atoms with E-state index >= 15 is 0 Å². The fourth-order valence-corrected chi connectivity index (χ4v) is 2.28. The topological polar surface area (TPSA) is 26.3 Å². The van der Waals surface area contributed by atoms with Gasteiger partial charge >= 0.3 is 0 Å². The second-order valence-corrected chi connectivity index (χ2v) is 5.01. The number of benzene rings is 2. The molecule has 0 amide bonds. The number of ketones is 1. The lowest BCUT2D eigenvalue weighted by Crippen LogP contribution is -1.97. The van der Waals surface area contributed by atoms with E-state index in [4.69, 9.17) is 27.9 Å². The summed E-state index contributed by atoms with van der Waals surface area (Å²) in [5.41, 5.74) is 1.30. The highest BCUT2D eigenvalue weighted by Gasteiger charge is 2.27. The zero-order valence-corrected chi connectivity index (χ0v) is 11.2. The van der Waals surface area contributed by atoms with Crippen LogP contribution >= 0.6 is 23.2 Å². The molecule has 0 radical (unpaired) electrons. The molecule has 4 heteroatoms. The van der Waals surface area contributed by atoms with Crippen molar-refractivity contribution in [2.75, 3.05) is 0 Å². The quantitative estimate of drug-likeness (QED) is 0.717. The lowest BCUT2D eigenvalue weighted by molar-refractivity contribution is 0.101. The third kappa shape index (κ3) is 2.37. The van der Waals surface area contributed by atoms with Crippen LogP contribution in [-0.4, -0.2) is 5.78 Å². The molecule has 0 aliphatic carbocycles. The molecule has 0 fully saturated rings. The molecule has 1 aliphatic rings. The van der Waals surface area contributed by atoms with Crippen molar-refractivity contribution < 1.29 is 9.53 Å². The number of halogens is 2. The predicted molar refractivity (Wildman–Crippen MR) is 75.8 cm³/mol. The SMILES string of the molecule is O=C1/C(=C/c2cccc(Cl)c2)Oc2ccc(Cl)cc21. The summed E-state index contributed by atoms with van der Waals surface area (Å²) in [5, 5.41) is 1.13. The van der Waals surface area contributed by atoms with Gasteiger partial charge in [0.15, 0.2) is 5.76 Å². The molecule has 3 rings (SSSR count). The molecule has 19 heavy (non-hydrogen) atoms. The summed E-state index contributed by atoms with van der Waals surface area (Å²) in [5.74, 6) is 0.639. The summed E-state index contributed by atoms with van der Waals surface area (Å²) < 4.78 is 5.53. The van der Waals surface area contributed by atoms with Gasteiger partial charge < -0.3 is 4.74 Å². The first kappa shape index (κ1) is 12.3. The Bertz CT molecular complexity index is 705. The van der Waals surface area contributed by atoms with Gasteiger partial charge in [0.2, 0.25) is 5.78 Å². The Kier molecular flexibility index (Phi) is 3.05. The van der Waals surface area contributed by atoms with E-state index in [-0.39, 0.29) is 11.5 Å². The minimum Gasteiger partial charge on any atom is -0.452 e. The molecule has 0 atom stereocenters. The standard InChI is InChI=1S/C15H8Cl2O2/c16-10-3-1-2-9(6-10)7-14-15(18)12-8-11(17)4-5-13(12)19-14/h1-8H/b14-7-. The van der Waals surface area contributed by atoms with Crippen LogP contribution in [0.3, 0.4) is 0 Å². The van der Waals surface area contributed by atoms with E-state index in [9.17, 15) is 4.79 Å². The molecule has 0 N–H and O–H groups in total. The third-order valence-corrected chi connectivity index (χ3v) is 3.25. The predicted octanol–water partition coefficient (Wildman–Crippen LogP) is 4.61. The summed E-state index contributed by atoms with van der Waals surface area (Å²) in [7, 11) is 0. The van der Waals surface area contributed by atoms with E-state index in [1.165, 1.54) is 0 Å². The Labute approximate surface area is 120 Å². The second-order valence-electron chi connectivity index (χ2n) is 4.14. The number of allylic oxidation sites excluding steroid dienone is 1. The van der Waals surface area contributed by atoms with Gasteiger partial charge in [0.05, 0.1) is 5.56 Å². The van der Waals surface area contributed by atoms with Crippen LogP contribution in [0, 0.1) is 0 Å². The van der Waals surface area contributed by atoms with Crippen molar-refractivity contribution in [3.63, 3.8) is 0 Å². The van der Waals surface area contributed by atoms with E-state index in [1.54, 1.807) is 36.4 Å². The van der Waals surface area contributed by atoms with Crippen molar-refractivity contribution in [3.8, 4) is 5.75 Å². The Morgan fingerprint density at radius 2 is 1.79 bits per heavy atom. The first-order valence-corrected chi connectivity index (χ1v) is 6.38. The maximum Gasteiger partial charge on any atom is 0.232 e. The maximum absolute atomic E-state index is 12.2. The van der Waals surface area contributed by atoms with Crippen molar-refractivity contribution in [3.05, 3.63) is 69.4 Å². The third-order valence-electron chi connectivity index (χ3n) is 2.78. The normalized spacial score (nSPS) is 15.5. The van der Waals surface area contributed by atoms with Crippen molar-refractivity contribution in [1.82, 2.24) is 0 Å². The highest BCUT2D eigenvalue weighted by molar-refractivity contribution is 6.31. The molecule has 94 valence electrons. The van der Waals surface area contributed by atoms with E-state index in [0.717, 1.165) is 5.56 Å². The highest BCUT2D eigenvalue weighted by Crippen LogP contribution is 2.33. The first-order valence-electron chi connectivity index (χ1n) is 5.63. The van der Waals surface area contributed by atoms with Gasteiger partial charge in [0.1, 0.15) is 5.75 Å². The van der Waals surface area contributed by atoms with Crippen LogP contribution in [0.1, 0.15) is 15.9 Å². The van der Waals surface area contributed by atoms with Gasteiger partial charge in [0.25, 0.3) is 0 Å². The molecule has 2 aromatic carbocycles. The molecule has 2 aromatic rings. The molecule has 0 spiro atoms. The highest BCUT2D eigenvalue weighted by atomic mass is 35.5. The summed E-state index contributed by atoms with van der Waals surface area (Å²) in [6.45, 7) is 0. The summed E-state index contributed by atoms with van der Waals surface area (Å²) in [6.07, 6.45) is 1.67. The van der Waals surface area contributed by atoms with Crippen LogP contribution in [0.25, 0.3) is 6.08 Å². The lowest BCUT2D eigenvalue weighted by atomic mass is 10.1. The fraction of sp³-hybridized carbons (Fsp3) is 0. The van der Waals surface area contributed by atoms with Crippen LogP contribution in [0.2, 0.25) is 10.0 Å². The van der Waals surface area contributed by atoms with Gasteiger partial charge in [-0.2, -0.15) is 0 Å². The summed E-state index contributed by atoms with van der Waals surface area (Å²) in [4.78, 5) is 12.2. The van der Waals surface area contributed by atoms with Gasteiger partial charge in [-0.3, -0.25) is 4.79 Å². The molecular formula is C15H8Cl2O2. The van der Waals surface area contributed by atoms with Gasteiger partial charge in [-0.25, -0.2) is 0 Å². The fourth-order valence-electron chi connectivity index (χ4n) is 1.91. The molecule has 1 heterocycles. The second kappa shape index (κ2) is 4.72. The van der Waals surface area contributed by atoms with Crippen molar-refractivity contribution in [2.45, 2.75) is 0 Å². The van der Waals surface area contributed by atoms with Gasteiger partial charge in [-0.1, -0.05) is 35.3 Å². The number of hydrogen-bond donors (Lipinski definition) is 0. The van der Waals surface area contributed by atoms with E-state index in [1.807, 2.05) is 12.1 Å². The monoisotopic (exact) mass is 290 g/mol. The zero-order chi connectivity index (χ0) is 13.4. The number of hydrogen-bond acceptors (Lipinski definition) is 2. The number of fused-ring (bicyclic) bond motifs is 1. The number of Topliss-reactive ketones (excluding diaryl/α,β-unsaturated/α-hetero) is 1. The largest absolute Gasteiger partial charge is 0.452 e. The lowest BCUT2D eigenvalue weighted by Gasteiger charge is -1.98. The van der Waals surface area contributed by atoms with E-state index in [0.29, 0.717) is 21.4 Å². The Morgan fingerprint density at radius 3 is 2.58 bits per heavy atom. The molecule has 0 saturated carbocycles. The molecule has 0 unspecified atom stereocenters. The summed E-state index contributed by atoms with van der Waals surface area (Å²) >= 11 is 11.8. The number of ether oxygens (including phenoxy) is 1. The average Bonchev–Trinajstić information content (AvgIpc) is 2.67. The van der Waals surface area contributed by atoms with Crippen molar-refractivity contribution >= 4 is 35.1 Å². The van der Waals surface area contributed by atoms with Crippen LogP contribution in [0.5, 0.6) is 5.75 Å². The average molecular weight is 291 g/mol. The van der Waals surface area contributed by atoms with Crippen LogP contribution < -0.4 is 4.74 Å². The van der Waals surface area contributed by atoms with Gasteiger partial charge in [-0.05, 0) is 42.0 Å². The molecule has 2 nitrogen and oxygen atoms in total. The maximum atomic E-state index is 12.2. The number of carbonyl (C=O) groups excluding carboxylic acids is 1. The minimum absolute atomic E-state index is 0.169. The minimum atomic E-state index is -0.169. The van der Waals surface area contributed by atoms with E-state index < -0.39 is 0 Å². The first-order chi connectivity index (χ1) is 9.13. The molecule has 0 aromatic heterocycles. The van der Waals surface area contributed by atoms with Gasteiger partial charge in [0, 0.05) is 10.0 Å². The van der Waals surface area contributed by atoms with E-state index in [2.05, 4.69) is 0 Å². The Morgan fingerprint density at radius 1 is 1.00 bits per heavy atom. The Balaban J connectivity index is 2.00. The number of carbonyl (C=O) groups is 1. The number of rotatable bonds is 1. The van der Waals surface area contributed by atoms with Gasteiger partial charge in [-0.15, -0.1) is 0 Å². The molecule has 1 aliphatic heterocycles. The van der Waals surface area contributed by atoms with Crippen LogP contribution in [-0.2, 0) is 0 Å². The van der Waals surface area contributed by atoms with Crippen molar-refractivity contribution in [1.29, 1.82) is 0 Å². The zero-order valence-electron chi connectivity index (χ0n) is 9.69. The Hall–Kier alpha value is -1.77. The molecule has 0 saturated heterocycles. The van der Waals surface area contributed by atoms with Crippen LogP contribution in [0.4, 0.5) is 0 Å². The molecule has 0 bridgehead atoms. The molecular weight excluding hydrogens is 283 g/mol. The summed E-state index contributed by atoms with van der Waals surface area (Å²) in [6, 6.07) is 12.2. The van der Waals surface area contributed by atoms with Crippen molar-refractivity contribution in [2.24, 2.45) is 0 Å². The smallest absolute Gasteiger partial charge is 0.232 e.